The summed E-state index contributed by atoms with van der Waals surface area (Å²) in [5.74, 6) is 1.78. The number of phenols is 1. The van der Waals surface area contributed by atoms with E-state index in [9.17, 15) is 5.11 Å². The van der Waals surface area contributed by atoms with Gasteiger partial charge in [0.05, 0.1) is 6.33 Å². The second-order valence-corrected chi connectivity index (χ2v) is 10.7. The SMILES string of the molecule is CCCCCCCC(C)n1cnc2c(NCCc3ccc(O)cc3)nc(-c3csc4ccccc34)nc21. The fraction of sp³-hybridized carbons (Fsp3) is 0.367. The molecular weight excluding hydrogens is 478 g/mol. The number of fused-ring (bicyclic) bond motifs is 2. The standard InChI is InChI=1S/C30H35N5OS/c1-3-4-5-6-7-10-21(2)35-20-32-27-29(31-18-17-22-13-15-23(36)16-14-22)33-28(34-30(27)35)25-19-37-26-12-9-8-11-24(25)26/h8-9,11-16,19-21,36H,3-7,10,17-18H2,1-2H3,(H,31,33,34). The van der Waals surface area contributed by atoms with Gasteiger partial charge in [-0.2, -0.15) is 0 Å². The number of hydrogen-bond acceptors (Lipinski definition) is 6. The third kappa shape index (κ3) is 5.77. The topological polar surface area (TPSA) is 75.9 Å². The maximum atomic E-state index is 9.57. The van der Waals surface area contributed by atoms with Crippen LogP contribution in [0.5, 0.6) is 5.75 Å². The number of unbranched alkanes of at least 4 members (excludes halogenated alkanes) is 4. The molecule has 3 heterocycles. The fourth-order valence-electron chi connectivity index (χ4n) is 4.80. The molecule has 3 aromatic heterocycles. The molecule has 0 saturated heterocycles. The number of imidazole rings is 1. The maximum absolute atomic E-state index is 9.57. The highest BCUT2D eigenvalue weighted by Gasteiger charge is 2.19. The van der Waals surface area contributed by atoms with Crippen LogP contribution in [0.25, 0.3) is 32.6 Å². The van der Waals surface area contributed by atoms with Crippen LogP contribution in [0.2, 0.25) is 0 Å². The summed E-state index contributed by atoms with van der Waals surface area (Å²) in [5.41, 5.74) is 3.91. The first-order valence-electron chi connectivity index (χ1n) is 13.4. The van der Waals surface area contributed by atoms with Gasteiger partial charge >= 0.3 is 0 Å². The molecule has 1 atom stereocenters. The van der Waals surface area contributed by atoms with Gasteiger partial charge < -0.3 is 15.0 Å². The van der Waals surface area contributed by atoms with Gasteiger partial charge in [0.2, 0.25) is 0 Å². The van der Waals surface area contributed by atoms with Gasteiger partial charge in [0.1, 0.15) is 11.3 Å². The van der Waals surface area contributed by atoms with E-state index in [0.29, 0.717) is 12.6 Å². The minimum atomic E-state index is 0.284. The summed E-state index contributed by atoms with van der Waals surface area (Å²) >= 11 is 1.72. The molecule has 0 radical (unpaired) electrons. The number of rotatable bonds is 12. The lowest BCUT2D eigenvalue weighted by molar-refractivity contribution is 0.475. The number of thiophene rings is 1. The van der Waals surface area contributed by atoms with Gasteiger partial charge in [-0.15, -0.1) is 11.3 Å². The Morgan fingerprint density at radius 3 is 2.65 bits per heavy atom. The van der Waals surface area contributed by atoms with E-state index in [1.54, 1.807) is 23.5 Å². The summed E-state index contributed by atoms with van der Waals surface area (Å²) in [5, 5.41) is 16.4. The quantitative estimate of drug-likeness (QED) is 0.165. The molecule has 5 aromatic rings. The molecule has 37 heavy (non-hydrogen) atoms. The van der Waals surface area contributed by atoms with Crippen LogP contribution in [-0.4, -0.2) is 31.2 Å². The van der Waals surface area contributed by atoms with Crippen molar-refractivity contribution in [3.8, 4) is 17.1 Å². The molecular formula is C30H35N5OS. The molecule has 192 valence electrons. The van der Waals surface area contributed by atoms with E-state index in [0.717, 1.165) is 46.8 Å². The fourth-order valence-corrected chi connectivity index (χ4v) is 5.74. The number of aromatic hydroxyl groups is 1. The molecule has 0 bridgehead atoms. The van der Waals surface area contributed by atoms with Crippen molar-refractivity contribution in [2.75, 3.05) is 11.9 Å². The molecule has 0 saturated carbocycles. The van der Waals surface area contributed by atoms with Crippen LogP contribution >= 0.6 is 11.3 Å². The van der Waals surface area contributed by atoms with Crippen molar-refractivity contribution in [3.05, 3.63) is 65.8 Å². The first-order chi connectivity index (χ1) is 18.1. The summed E-state index contributed by atoms with van der Waals surface area (Å²) in [6, 6.07) is 16.1. The molecule has 0 aliphatic carbocycles. The second-order valence-electron chi connectivity index (χ2n) is 9.76. The van der Waals surface area contributed by atoms with Crippen LogP contribution in [0.3, 0.4) is 0 Å². The van der Waals surface area contributed by atoms with Crippen molar-refractivity contribution in [1.82, 2.24) is 19.5 Å². The molecule has 0 fully saturated rings. The van der Waals surface area contributed by atoms with Gasteiger partial charge in [-0.05, 0) is 43.5 Å². The van der Waals surface area contributed by atoms with Crippen molar-refractivity contribution >= 4 is 38.4 Å². The van der Waals surface area contributed by atoms with E-state index in [1.807, 2.05) is 18.5 Å². The summed E-state index contributed by atoms with van der Waals surface area (Å²) in [7, 11) is 0. The molecule has 2 N–H and O–H groups in total. The Morgan fingerprint density at radius 1 is 1.00 bits per heavy atom. The van der Waals surface area contributed by atoms with Crippen molar-refractivity contribution in [3.63, 3.8) is 0 Å². The average molecular weight is 514 g/mol. The van der Waals surface area contributed by atoms with E-state index >= 15 is 0 Å². The number of phenolic OH excluding ortho intramolecular Hbond substituents is 1. The summed E-state index contributed by atoms with van der Waals surface area (Å²) in [4.78, 5) is 14.8. The van der Waals surface area contributed by atoms with Gasteiger partial charge in [0, 0.05) is 33.6 Å². The van der Waals surface area contributed by atoms with Crippen molar-refractivity contribution in [2.24, 2.45) is 0 Å². The summed E-state index contributed by atoms with van der Waals surface area (Å²) in [6.07, 6.45) is 10.2. The largest absolute Gasteiger partial charge is 0.508 e. The molecule has 1 unspecified atom stereocenters. The Bertz CT molecular complexity index is 1460. The van der Waals surface area contributed by atoms with Crippen molar-refractivity contribution in [2.45, 2.75) is 64.8 Å². The predicted octanol–water partition coefficient (Wildman–Crippen LogP) is 7.99. The van der Waals surface area contributed by atoms with E-state index < -0.39 is 0 Å². The van der Waals surface area contributed by atoms with Gasteiger partial charge in [0.25, 0.3) is 0 Å². The first kappa shape index (κ1) is 25.2. The monoisotopic (exact) mass is 513 g/mol. The maximum Gasteiger partial charge on any atom is 0.166 e. The Kier molecular flexibility index (Phi) is 7.99. The molecule has 0 aliphatic rings. The van der Waals surface area contributed by atoms with Crippen LogP contribution in [0, 0.1) is 0 Å². The molecule has 0 aliphatic heterocycles. The first-order valence-corrected chi connectivity index (χ1v) is 14.2. The van der Waals surface area contributed by atoms with E-state index in [1.165, 1.54) is 42.2 Å². The smallest absolute Gasteiger partial charge is 0.166 e. The molecule has 6 nitrogen and oxygen atoms in total. The highest BCUT2D eigenvalue weighted by Crippen LogP contribution is 2.34. The number of nitrogens with zero attached hydrogens (tertiary/aromatic N) is 4. The van der Waals surface area contributed by atoms with Crippen LogP contribution in [0.15, 0.2) is 60.2 Å². The van der Waals surface area contributed by atoms with E-state index in [4.69, 9.17) is 15.0 Å². The van der Waals surface area contributed by atoms with E-state index in [2.05, 4.69) is 53.4 Å². The minimum Gasteiger partial charge on any atom is -0.508 e. The van der Waals surface area contributed by atoms with Crippen LogP contribution in [0.1, 0.15) is 64.0 Å². The van der Waals surface area contributed by atoms with Crippen LogP contribution in [-0.2, 0) is 6.42 Å². The number of hydrogen-bond donors (Lipinski definition) is 2. The molecule has 7 heteroatoms. The molecule has 5 rings (SSSR count). The Morgan fingerprint density at radius 2 is 1.81 bits per heavy atom. The Labute approximate surface area is 222 Å². The third-order valence-electron chi connectivity index (χ3n) is 6.99. The normalized spacial score (nSPS) is 12.4. The lowest BCUT2D eigenvalue weighted by Gasteiger charge is -2.15. The number of aromatic nitrogens is 4. The van der Waals surface area contributed by atoms with Gasteiger partial charge in [-0.1, -0.05) is 69.4 Å². The van der Waals surface area contributed by atoms with Gasteiger partial charge in [-0.3, -0.25) is 0 Å². The zero-order valence-electron chi connectivity index (χ0n) is 21.7. The lowest BCUT2D eigenvalue weighted by Crippen LogP contribution is -2.09. The molecule has 0 amide bonds. The number of nitrogens with one attached hydrogen (secondary N) is 1. The lowest BCUT2D eigenvalue weighted by atomic mass is 10.1. The van der Waals surface area contributed by atoms with Gasteiger partial charge in [-0.25, -0.2) is 15.0 Å². The summed E-state index contributed by atoms with van der Waals surface area (Å²) < 4.78 is 3.46. The second kappa shape index (κ2) is 11.7. The Hall–Kier alpha value is -3.45. The van der Waals surface area contributed by atoms with Gasteiger partial charge in [0.15, 0.2) is 17.3 Å². The van der Waals surface area contributed by atoms with Crippen LogP contribution < -0.4 is 5.32 Å². The highest BCUT2D eigenvalue weighted by molar-refractivity contribution is 7.17. The Balaban J connectivity index is 1.45. The molecule has 0 spiro atoms. The zero-order chi connectivity index (χ0) is 25.6. The van der Waals surface area contributed by atoms with Crippen molar-refractivity contribution < 1.29 is 5.11 Å². The molecule has 2 aromatic carbocycles. The average Bonchev–Trinajstić information content (AvgIpc) is 3.54. The summed E-state index contributed by atoms with van der Waals surface area (Å²) in [6.45, 7) is 5.23. The number of benzene rings is 2. The predicted molar refractivity (Wildman–Crippen MR) is 155 cm³/mol. The minimum absolute atomic E-state index is 0.284. The van der Waals surface area contributed by atoms with Crippen LogP contribution in [0.4, 0.5) is 5.82 Å². The number of anilines is 1. The highest BCUT2D eigenvalue weighted by atomic mass is 32.1. The van der Waals surface area contributed by atoms with Crippen molar-refractivity contribution in [1.29, 1.82) is 0 Å². The zero-order valence-corrected chi connectivity index (χ0v) is 22.5. The van der Waals surface area contributed by atoms with E-state index in [-0.39, 0.29) is 5.75 Å². The third-order valence-corrected chi connectivity index (χ3v) is 7.95.